The molecule has 2 aromatic rings. The van der Waals surface area contributed by atoms with Gasteiger partial charge in [0.05, 0.1) is 15.4 Å². The Balaban J connectivity index is 1.94. The van der Waals surface area contributed by atoms with Crippen molar-refractivity contribution in [2.24, 2.45) is 0 Å². The van der Waals surface area contributed by atoms with Gasteiger partial charge in [0.2, 0.25) is 0 Å². The van der Waals surface area contributed by atoms with Crippen molar-refractivity contribution in [2.75, 3.05) is 13.1 Å². The molecule has 0 aliphatic carbocycles. The Labute approximate surface area is 154 Å². The largest absolute Gasteiger partial charge is 0.450 e. The van der Waals surface area contributed by atoms with Crippen molar-refractivity contribution < 1.29 is 19.4 Å². The van der Waals surface area contributed by atoms with E-state index in [0.29, 0.717) is 25.9 Å². The van der Waals surface area contributed by atoms with Crippen LogP contribution in [0.1, 0.15) is 28.8 Å². The van der Waals surface area contributed by atoms with Gasteiger partial charge in [0.25, 0.3) is 0 Å². The van der Waals surface area contributed by atoms with Crippen LogP contribution in [0.2, 0.25) is 0 Å². The van der Waals surface area contributed by atoms with Crippen molar-refractivity contribution in [3.63, 3.8) is 0 Å². The van der Waals surface area contributed by atoms with Gasteiger partial charge in [-0.25, -0.2) is 4.79 Å². The lowest BCUT2D eigenvalue weighted by Crippen LogP contribution is -2.43. The predicted octanol–water partition coefficient (Wildman–Crippen LogP) is 2.94. The molecule has 9 nitrogen and oxygen atoms in total. The Kier molecular flexibility index (Phi) is 5.13. The maximum atomic E-state index is 12.7. The average molecular weight is 371 g/mol. The zero-order valence-corrected chi connectivity index (χ0v) is 14.3. The zero-order valence-electron chi connectivity index (χ0n) is 14.3. The lowest BCUT2D eigenvalue weighted by molar-refractivity contribution is -0.422. The van der Waals surface area contributed by atoms with E-state index in [9.17, 15) is 25.0 Å². The molecule has 1 saturated heterocycles. The number of nitrogens with zero attached hydrogens (tertiary/aromatic N) is 2. The highest BCUT2D eigenvalue weighted by Crippen LogP contribution is 2.36. The Hall–Kier alpha value is -3.33. The first-order chi connectivity index (χ1) is 12.9. The van der Waals surface area contributed by atoms with Crippen LogP contribution in [0.4, 0.5) is 11.4 Å². The van der Waals surface area contributed by atoms with E-state index in [-0.39, 0.29) is 5.56 Å². The minimum atomic E-state index is -0.883. The Bertz CT molecular complexity index is 878. The average Bonchev–Trinajstić information content (AvgIpc) is 2.68. The Morgan fingerprint density at radius 2 is 1.59 bits per heavy atom. The summed E-state index contributed by atoms with van der Waals surface area (Å²) in [5.41, 5.74) is -1.51. The molecule has 1 aliphatic heterocycles. The first kappa shape index (κ1) is 18.5. The number of benzene rings is 2. The molecule has 1 N–H and O–H groups in total. The van der Waals surface area contributed by atoms with Gasteiger partial charge < -0.3 is 10.1 Å². The molecule has 0 spiro atoms. The van der Waals surface area contributed by atoms with Crippen molar-refractivity contribution in [3.8, 4) is 0 Å². The van der Waals surface area contributed by atoms with Gasteiger partial charge in [-0.05, 0) is 24.7 Å². The van der Waals surface area contributed by atoms with E-state index in [0.717, 1.165) is 17.7 Å². The van der Waals surface area contributed by atoms with E-state index in [2.05, 4.69) is 5.32 Å². The van der Waals surface area contributed by atoms with E-state index in [4.69, 9.17) is 4.74 Å². The molecule has 2 aromatic carbocycles. The number of ether oxygens (including phenoxy) is 1. The van der Waals surface area contributed by atoms with Gasteiger partial charge in [-0.15, -0.1) is 0 Å². The van der Waals surface area contributed by atoms with Crippen LogP contribution in [0.15, 0.2) is 48.5 Å². The summed E-state index contributed by atoms with van der Waals surface area (Å²) in [5.74, 6) is -0.751. The highest BCUT2D eigenvalue weighted by atomic mass is 16.6. The Morgan fingerprint density at radius 1 is 0.963 bits per heavy atom. The van der Waals surface area contributed by atoms with E-state index in [1.54, 1.807) is 0 Å². The topological polar surface area (TPSA) is 125 Å². The molecule has 1 fully saturated rings. The van der Waals surface area contributed by atoms with E-state index in [1.165, 1.54) is 6.07 Å². The molecular formula is C18H17N3O6. The third kappa shape index (κ3) is 3.77. The summed E-state index contributed by atoms with van der Waals surface area (Å²) in [6, 6.07) is 12.3. The maximum Gasteiger partial charge on any atom is 0.346 e. The molecule has 1 aliphatic rings. The second-order valence-corrected chi connectivity index (χ2v) is 6.22. The second-order valence-electron chi connectivity index (χ2n) is 6.22. The Morgan fingerprint density at radius 3 is 2.19 bits per heavy atom. The number of carbonyl (C=O) groups is 1. The van der Waals surface area contributed by atoms with Crippen molar-refractivity contribution >= 4 is 17.3 Å². The van der Waals surface area contributed by atoms with Gasteiger partial charge >= 0.3 is 17.3 Å². The molecule has 0 bridgehead atoms. The number of piperidine rings is 1. The number of carbonyl (C=O) groups excluding carboxylic acids is 1. The SMILES string of the molecule is O=C(OC1(c2ccccc2)CCNCC1)c1ccc([N+](=O)[O-])c([N+](=O)[O-])c1. The number of hydrogen-bond donors (Lipinski definition) is 1. The molecule has 3 rings (SSSR count). The minimum absolute atomic E-state index is 0.0962. The molecule has 9 heteroatoms. The van der Waals surface area contributed by atoms with Crippen LogP contribution < -0.4 is 5.32 Å². The first-order valence-corrected chi connectivity index (χ1v) is 8.35. The standard InChI is InChI=1S/C18H17N3O6/c22-17(13-6-7-15(20(23)24)16(12-13)21(25)26)27-18(8-10-19-11-9-18)14-4-2-1-3-5-14/h1-7,12,19H,8-11H2. The molecule has 0 radical (unpaired) electrons. The van der Waals surface area contributed by atoms with Crippen molar-refractivity contribution in [2.45, 2.75) is 18.4 Å². The highest BCUT2D eigenvalue weighted by molar-refractivity contribution is 5.91. The van der Waals surface area contributed by atoms with Crippen LogP contribution in [0.5, 0.6) is 0 Å². The van der Waals surface area contributed by atoms with Crippen molar-refractivity contribution in [1.82, 2.24) is 5.32 Å². The van der Waals surface area contributed by atoms with E-state index < -0.39 is 32.8 Å². The number of esters is 1. The fourth-order valence-electron chi connectivity index (χ4n) is 3.21. The number of rotatable bonds is 5. The third-order valence-corrected chi connectivity index (χ3v) is 4.60. The van der Waals surface area contributed by atoms with Crippen LogP contribution in [0.25, 0.3) is 0 Å². The normalized spacial score (nSPS) is 15.7. The smallest absolute Gasteiger partial charge is 0.346 e. The lowest BCUT2D eigenvalue weighted by atomic mass is 9.84. The van der Waals surface area contributed by atoms with Crippen LogP contribution in [0.3, 0.4) is 0 Å². The van der Waals surface area contributed by atoms with Gasteiger partial charge in [0.1, 0.15) is 5.60 Å². The summed E-state index contributed by atoms with van der Waals surface area (Å²) >= 11 is 0. The zero-order chi connectivity index (χ0) is 19.4. The molecule has 27 heavy (non-hydrogen) atoms. The monoisotopic (exact) mass is 371 g/mol. The van der Waals surface area contributed by atoms with Crippen LogP contribution in [0, 0.1) is 20.2 Å². The molecular weight excluding hydrogens is 354 g/mol. The number of nitrogens with one attached hydrogen (secondary N) is 1. The fourth-order valence-corrected chi connectivity index (χ4v) is 3.21. The van der Waals surface area contributed by atoms with Gasteiger partial charge in [-0.3, -0.25) is 20.2 Å². The van der Waals surface area contributed by atoms with Crippen LogP contribution in [-0.4, -0.2) is 28.9 Å². The number of hydrogen-bond acceptors (Lipinski definition) is 7. The summed E-state index contributed by atoms with van der Waals surface area (Å²) < 4.78 is 5.81. The molecule has 140 valence electrons. The summed E-state index contributed by atoms with van der Waals surface area (Å²) in [5, 5.41) is 25.3. The molecule has 1 heterocycles. The van der Waals surface area contributed by atoms with Gasteiger partial charge in [-0.1, -0.05) is 30.3 Å². The molecule has 0 atom stereocenters. The van der Waals surface area contributed by atoms with Crippen LogP contribution >= 0.6 is 0 Å². The summed E-state index contributed by atoms with van der Waals surface area (Å²) in [4.78, 5) is 33.0. The molecule has 0 unspecified atom stereocenters. The van der Waals surface area contributed by atoms with Gasteiger partial charge in [0, 0.05) is 25.0 Å². The van der Waals surface area contributed by atoms with Crippen molar-refractivity contribution in [3.05, 3.63) is 79.9 Å². The van der Waals surface area contributed by atoms with Crippen LogP contribution in [-0.2, 0) is 10.3 Å². The van der Waals surface area contributed by atoms with Gasteiger partial charge in [0.15, 0.2) is 0 Å². The van der Waals surface area contributed by atoms with E-state index >= 15 is 0 Å². The first-order valence-electron chi connectivity index (χ1n) is 8.35. The fraction of sp³-hybridized carbons (Fsp3) is 0.278. The maximum absolute atomic E-state index is 12.7. The predicted molar refractivity (Wildman–Crippen MR) is 95.4 cm³/mol. The van der Waals surface area contributed by atoms with E-state index in [1.807, 2.05) is 30.3 Å². The molecule has 0 saturated carbocycles. The molecule has 0 aromatic heterocycles. The third-order valence-electron chi connectivity index (χ3n) is 4.60. The second kappa shape index (κ2) is 7.50. The number of nitro benzene ring substituents is 2. The van der Waals surface area contributed by atoms with Gasteiger partial charge in [-0.2, -0.15) is 0 Å². The lowest BCUT2D eigenvalue weighted by Gasteiger charge is -2.37. The number of nitro groups is 2. The summed E-state index contributed by atoms with van der Waals surface area (Å²) in [6.07, 6.45) is 1.11. The minimum Gasteiger partial charge on any atom is -0.450 e. The summed E-state index contributed by atoms with van der Waals surface area (Å²) in [7, 11) is 0. The van der Waals surface area contributed by atoms with Crippen molar-refractivity contribution in [1.29, 1.82) is 0 Å². The quantitative estimate of drug-likeness (QED) is 0.486. The summed E-state index contributed by atoms with van der Waals surface area (Å²) in [6.45, 7) is 1.31. The molecule has 0 amide bonds. The highest BCUT2D eigenvalue weighted by Gasteiger charge is 2.38.